The first-order chi connectivity index (χ1) is 16.0. The van der Waals surface area contributed by atoms with E-state index in [1.54, 1.807) is 18.2 Å². The average Bonchev–Trinajstić information content (AvgIpc) is 3.18. The van der Waals surface area contributed by atoms with Crippen LogP contribution in [0.4, 0.5) is 4.79 Å². The molecule has 0 saturated carbocycles. The summed E-state index contributed by atoms with van der Waals surface area (Å²) < 4.78 is 15.9. The average molecular weight is 450 g/mol. The molecule has 2 unspecified atom stereocenters. The van der Waals surface area contributed by atoms with E-state index in [1.165, 1.54) is 14.2 Å². The number of methoxy groups -OCH3 is 2. The predicted molar refractivity (Wildman–Crippen MR) is 124 cm³/mol. The summed E-state index contributed by atoms with van der Waals surface area (Å²) >= 11 is 0. The van der Waals surface area contributed by atoms with Gasteiger partial charge in [0.2, 0.25) is 0 Å². The molecular weight excluding hydrogens is 422 g/mol. The summed E-state index contributed by atoms with van der Waals surface area (Å²) in [6.45, 7) is -0.0274. The summed E-state index contributed by atoms with van der Waals surface area (Å²) in [6, 6.07) is 21.1. The molecular formula is C26H27NO6. The highest BCUT2D eigenvalue weighted by Crippen LogP contribution is 2.44. The Kier molecular flexibility index (Phi) is 6.82. The van der Waals surface area contributed by atoms with Gasteiger partial charge in [-0.05, 0) is 40.5 Å². The molecule has 0 heterocycles. The Morgan fingerprint density at radius 2 is 1.58 bits per heavy atom. The Hall–Kier alpha value is -3.55. The summed E-state index contributed by atoms with van der Waals surface area (Å²) in [5.74, 6) is 0.866. The van der Waals surface area contributed by atoms with Crippen LogP contribution in [0.3, 0.4) is 0 Å². The van der Waals surface area contributed by atoms with Gasteiger partial charge in [0.25, 0.3) is 0 Å². The van der Waals surface area contributed by atoms with Crippen molar-refractivity contribution in [3.05, 3.63) is 83.4 Å². The van der Waals surface area contributed by atoms with Crippen LogP contribution >= 0.6 is 0 Å². The molecule has 7 nitrogen and oxygen atoms in total. The second-order valence-corrected chi connectivity index (χ2v) is 7.83. The lowest BCUT2D eigenvalue weighted by atomic mass is 9.98. The van der Waals surface area contributed by atoms with Crippen LogP contribution in [0.5, 0.6) is 11.5 Å². The number of fused-ring (bicyclic) bond motifs is 3. The van der Waals surface area contributed by atoms with E-state index in [9.17, 15) is 15.0 Å². The molecule has 172 valence electrons. The number of benzene rings is 3. The first kappa shape index (κ1) is 22.6. The van der Waals surface area contributed by atoms with Gasteiger partial charge in [-0.1, -0.05) is 48.5 Å². The minimum absolute atomic E-state index is 0.0558. The van der Waals surface area contributed by atoms with Crippen molar-refractivity contribution in [2.24, 2.45) is 0 Å². The Labute approximate surface area is 192 Å². The minimum Gasteiger partial charge on any atom is -0.497 e. The molecule has 0 saturated heterocycles. The van der Waals surface area contributed by atoms with Crippen LogP contribution in [0, 0.1) is 0 Å². The summed E-state index contributed by atoms with van der Waals surface area (Å²) in [4.78, 5) is 12.3. The Morgan fingerprint density at radius 3 is 2.18 bits per heavy atom. The van der Waals surface area contributed by atoms with E-state index in [0.29, 0.717) is 17.1 Å². The summed E-state index contributed by atoms with van der Waals surface area (Å²) in [5.41, 5.74) is 4.89. The number of alkyl carbamates (subject to hydrolysis) is 1. The first-order valence-corrected chi connectivity index (χ1v) is 10.7. The van der Waals surface area contributed by atoms with Crippen molar-refractivity contribution in [1.82, 2.24) is 5.32 Å². The first-order valence-electron chi connectivity index (χ1n) is 10.7. The number of aliphatic hydroxyl groups excluding tert-OH is 2. The van der Waals surface area contributed by atoms with Crippen LogP contribution in [0.25, 0.3) is 11.1 Å². The largest absolute Gasteiger partial charge is 0.497 e. The van der Waals surface area contributed by atoms with Crippen molar-refractivity contribution in [1.29, 1.82) is 0 Å². The Bertz CT molecular complexity index is 1090. The number of ether oxygens (including phenoxy) is 3. The van der Waals surface area contributed by atoms with E-state index in [4.69, 9.17) is 14.2 Å². The number of carbonyl (C=O) groups excluding carboxylic acids is 1. The lowest BCUT2D eigenvalue weighted by molar-refractivity contribution is 0.0171. The van der Waals surface area contributed by atoms with Gasteiger partial charge < -0.3 is 29.7 Å². The van der Waals surface area contributed by atoms with Gasteiger partial charge in [-0.25, -0.2) is 4.79 Å². The molecule has 3 aromatic carbocycles. The maximum absolute atomic E-state index is 12.3. The molecule has 0 aromatic heterocycles. The van der Waals surface area contributed by atoms with Gasteiger partial charge in [0.05, 0.1) is 14.2 Å². The second kappa shape index (κ2) is 9.94. The molecule has 0 spiro atoms. The van der Waals surface area contributed by atoms with Gasteiger partial charge in [-0.15, -0.1) is 0 Å². The fraction of sp³-hybridized carbons (Fsp3) is 0.269. The van der Waals surface area contributed by atoms with Gasteiger partial charge in [0.15, 0.2) is 0 Å². The third kappa shape index (κ3) is 4.65. The molecule has 33 heavy (non-hydrogen) atoms. The van der Waals surface area contributed by atoms with Crippen molar-refractivity contribution in [3.63, 3.8) is 0 Å². The number of hydrogen-bond donors (Lipinski definition) is 3. The van der Waals surface area contributed by atoms with E-state index in [1.807, 2.05) is 36.4 Å². The number of aliphatic hydroxyl groups is 2. The summed E-state index contributed by atoms with van der Waals surface area (Å²) in [7, 11) is 2.98. The molecule has 7 heteroatoms. The fourth-order valence-corrected chi connectivity index (χ4v) is 4.23. The zero-order chi connectivity index (χ0) is 23.4. The zero-order valence-corrected chi connectivity index (χ0v) is 18.5. The topological polar surface area (TPSA) is 97.3 Å². The third-order valence-electron chi connectivity index (χ3n) is 5.92. The van der Waals surface area contributed by atoms with Gasteiger partial charge in [-0.2, -0.15) is 0 Å². The predicted octanol–water partition coefficient (Wildman–Crippen LogP) is 3.64. The highest BCUT2D eigenvalue weighted by molar-refractivity contribution is 5.79. The number of amides is 1. The standard InChI is InChI=1S/C26H27NO6/c1-31-16-11-12-24(32-2)21(13-16)25(29)23(28)14-27-26(30)33-15-22-19-9-5-3-7-17(19)18-8-4-6-10-20(18)22/h3-13,22-23,25,28-29H,14-15H2,1-2H3,(H,27,30). The molecule has 0 aliphatic heterocycles. The van der Waals surface area contributed by atoms with Gasteiger partial charge in [0.1, 0.15) is 30.3 Å². The molecule has 2 atom stereocenters. The maximum Gasteiger partial charge on any atom is 0.407 e. The molecule has 1 amide bonds. The molecule has 3 N–H and O–H groups in total. The quantitative estimate of drug-likeness (QED) is 0.486. The lowest BCUT2D eigenvalue weighted by Crippen LogP contribution is -2.36. The fourth-order valence-electron chi connectivity index (χ4n) is 4.23. The van der Waals surface area contributed by atoms with E-state index < -0.39 is 18.3 Å². The maximum atomic E-state index is 12.3. The minimum atomic E-state index is -1.29. The van der Waals surface area contributed by atoms with Crippen molar-refractivity contribution in [3.8, 4) is 22.6 Å². The molecule has 0 fully saturated rings. The SMILES string of the molecule is COc1ccc(OC)c(C(O)C(O)CNC(=O)OCC2c3ccccc3-c3ccccc32)c1. The molecule has 4 rings (SSSR count). The smallest absolute Gasteiger partial charge is 0.407 e. The van der Waals surface area contributed by atoms with Crippen LogP contribution in [0.1, 0.15) is 28.7 Å². The van der Waals surface area contributed by atoms with Crippen molar-refractivity contribution in [2.45, 2.75) is 18.1 Å². The number of nitrogens with one attached hydrogen (secondary N) is 1. The van der Waals surface area contributed by atoms with E-state index in [0.717, 1.165) is 22.3 Å². The Morgan fingerprint density at radius 1 is 0.939 bits per heavy atom. The van der Waals surface area contributed by atoms with Crippen molar-refractivity contribution in [2.75, 3.05) is 27.4 Å². The molecule has 0 bridgehead atoms. The summed E-state index contributed by atoms with van der Waals surface area (Å²) in [6.07, 6.45) is -3.23. The third-order valence-corrected chi connectivity index (χ3v) is 5.92. The van der Waals surface area contributed by atoms with E-state index in [-0.39, 0.29) is 19.1 Å². The number of hydrogen-bond acceptors (Lipinski definition) is 6. The van der Waals surface area contributed by atoms with Gasteiger partial charge >= 0.3 is 6.09 Å². The highest BCUT2D eigenvalue weighted by atomic mass is 16.5. The van der Waals surface area contributed by atoms with E-state index in [2.05, 4.69) is 17.4 Å². The molecule has 0 radical (unpaired) electrons. The van der Waals surface area contributed by atoms with E-state index >= 15 is 0 Å². The van der Waals surface area contributed by atoms with Crippen LogP contribution in [0.2, 0.25) is 0 Å². The molecule has 1 aliphatic rings. The van der Waals surface area contributed by atoms with Gasteiger partial charge in [-0.3, -0.25) is 0 Å². The lowest BCUT2D eigenvalue weighted by Gasteiger charge is -2.21. The highest BCUT2D eigenvalue weighted by Gasteiger charge is 2.29. The van der Waals surface area contributed by atoms with Gasteiger partial charge in [0, 0.05) is 18.0 Å². The number of rotatable bonds is 8. The monoisotopic (exact) mass is 449 g/mol. The second-order valence-electron chi connectivity index (χ2n) is 7.83. The normalized spacial score (nSPS) is 14.1. The Balaban J connectivity index is 1.36. The molecule has 1 aliphatic carbocycles. The summed E-state index contributed by atoms with van der Waals surface area (Å²) in [5, 5.41) is 23.5. The van der Waals surface area contributed by atoms with Crippen LogP contribution < -0.4 is 14.8 Å². The zero-order valence-electron chi connectivity index (χ0n) is 18.5. The van der Waals surface area contributed by atoms with Crippen LogP contribution in [0.15, 0.2) is 66.7 Å². The number of carbonyl (C=O) groups is 1. The van der Waals surface area contributed by atoms with Crippen LogP contribution in [-0.2, 0) is 4.74 Å². The van der Waals surface area contributed by atoms with Crippen molar-refractivity contribution < 1.29 is 29.2 Å². The van der Waals surface area contributed by atoms with Crippen LogP contribution in [-0.4, -0.2) is 49.8 Å². The molecule has 3 aromatic rings. The van der Waals surface area contributed by atoms with Crippen molar-refractivity contribution >= 4 is 6.09 Å².